The molecular formula is C7H20N2O3Si. The maximum atomic E-state index is 5.53. The molecule has 0 aliphatic heterocycles. The number of hydrogen-bond donors (Lipinski definition) is 2. The molecule has 0 saturated heterocycles. The van der Waals surface area contributed by atoms with Crippen molar-refractivity contribution in [2.75, 3.05) is 27.9 Å². The van der Waals surface area contributed by atoms with Crippen molar-refractivity contribution >= 4 is 8.80 Å². The van der Waals surface area contributed by atoms with Crippen molar-refractivity contribution in [2.45, 2.75) is 19.1 Å². The molecule has 0 aromatic heterocycles. The van der Waals surface area contributed by atoms with Crippen LogP contribution in [-0.2, 0) is 13.3 Å². The molecule has 13 heavy (non-hydrogen) atoms. The lowest BCUT2D eigenvalue weighted by atomic mass is 10.6. The fourth-order valence-electron chi connectivity index (χ4n) is 1.01. The van der Waals surface area contributed by atoms with Crippen LogP contribution >= 0.6 is 0 Å². The highest BCUT2D eigenvalue weighted by molar-refractivity contribution is 6.60. The zero-order chi connectivity index (χ0) is 10.3. The molecule has 0 spiro atoms. The summed E-state index contributed by atoms with van der Waals surface area (Å²) in [4.78, 5) is 0. The molecule has 5 nitrogen and oxygen atoms in total. The molecule has 0 aliphatic rings. The smallest absolute Gasteiger partial charge is 0.377 e. The van der Waals surface area contributed by atoms with E-state index in [1.165, 1.54) is 0 Å². The third kappa shape index (κ3) is 4.70. The van der Waals surface area contributed by atoms with Crippen molar-refractivity contribution in [1.82, 2.24) is 5.32 Å². The first-order valence-corrected chi connectivity index (χ1v) is 6.18. The van der Waals surface area contributed by atoms with Crippen LogP contribution in [0.25, 0.3) is 0 Å². The second-order valence-electron chi connectivity index (χ2n) is 2.79. The summed E-state index contributed by atoms with van der Waals surface area (Å²) < 4.78 is 15.7. The van der Waals surface area contributed by atoms with E-state index in [9.17, 15) is 0 Å². The first kappa shape index (κ1) is 13.0. The molecular weight excluding hydrogens is 188 g/mol. The van der Waals surface area contributed by atoms with E-state index in [2.05, 4.69) is 5.32 Å². The molecule has 0 amide bonds. The molecule has 0 saturated carbocycles. The molecule has 3 N–H and O–H groups in total. The Morgan fingerprint density at radius 1 is 1.23 bits per heavy atom. The Bertz CT molecular complexity index is 123. The van der Waals surface area contributed by atoms with Crippen LogP contribution in [0.4, 0.5) is 0 Å². The maximum absolute atomic E-state index is 5.53. The van der Waals surface area contributed by atoms with Crippen LogP contribution in [0.2, 0.25) is 6.04 Å². The number of rotatable bonds is 7. The van der Waals surface area contributed by atoms with Gasteiger partial charge in [-0.15, -0.1) is 0 Å². The zero-order valence-electron chi connectivity index (χ0n) is 8.79. The van der Waals surface area contributed by atoms with E-state index in [1.807, 2.05) is 6.92 Å². The average Bonchev–Trinajstić information content (AvgIpc) is 2.13. The van der Waals surface area contributed by atoms with Gasteiger partial charge in [0.2, 0.25) is 0 Å². The van der Waals surface area contributed by atoms with Gasteiger partial charge < -0.3 is 24.3 Å². The van der Waals surface area contributed by atoms with Gasteiger partial charge in [-0.3, -0.25) is 0 Å². The Kier molecular flexibility index (Phi) is 6.48. The molecule has 0 aromatic rings. The third-order valence-corrected chi connectivity index (χ3v) is 4.56. The first-order chi connectivity index (χ1) is 6.10. The van der Waals surface area contributed by atoms with Crippen molar-refractivity contribution in [3.8, 4) is 0 Å². The van der Waals surface area contributed by atoms with Crippen LogP contribution in [0.5, 0.6) is 0 Å². The van der Waals surface area contributed by atoms with Gasteiger partial charge in [0.15, 0.2) is 0 Å². The SMILES string of the molecule is CO[Si](CCNC(C)N)(OC)OC. The van der Waals surface area contributed by atoms with Crippen molar-refractivity contribution < 1.29 is 13.3 Å². The van der Waals surface area contributed by atoms with Crippen LogP contribution < -0.4 is 11.1 Å². The minimum absolute atomic E-state index is 0.0164. The van der Waals surface area contributed by atoms with Gasteiger partial charge in [0.25, 0.3) is 0 Å². The summed E-state index contributed by atoms with van der Waals surface area (Å²) in [5.74, 6) is 0. The predicted octanol–water partition coefficient (Wildman–Crippen LogP) is -0.241. The number of hydrogen-bond acceptors (Lipinski definition) is 5. The Labute approximate surface area is 80.9 Å². The Morgan fingerprint density at radius 3 is 2.00 bits per heavy atom. The quantitative estimate of drug-likeness (QED) is 0.446. The average molecular weight is 208 g/mol. The van der Waals surface area contributed by atoms with E-state index < -0.39 is 8.80 Å². The van der Waals surface area contributed by atoms with Gasteiger partial charge in [0.05, 0.1) is 6.17 Å². The Morgan fingerprint density at radius 2 is 1.69 bits per heavy atom. The zero-order valence-corrected chi connectivity index (χ0v) is 9.79. The highest BCUT2D eigenvalue weighted by Gasteiger charge is 2.36. The second-order valence-corrected chi connectivity index (χ2v) is 5.88. The van der Waals surface area contributed by atoms with E-state index in [0.29, 0.717) is 0 Å². The topological polar surface area (TPSA) is 65.7 Å². The molecule has 1 atom stereocenters. The summed E-state index contributed by atoms with van der Waals surface area (Å²) in [5.41, 5.74) is 5.53. The lowest BCUT2D eigenvalue weighted by Gasteiger charge is -2.24. The molecule has 0 radical (unpaired) electrons. The van der Waals surface area contributed by atoms with E-state index in [4.69, 9.17) is 19.0 Å². The van der Waals surface area contributed by atoms with Gasteiger partial charge >= 0.3 is 8.80 Å². The predicted molar refractivity (Wildman–Crippen MR) is 53.2 cm³/mol. The summed E-state index contributed by atoms with van der Waals surface area (Å²) in [7, 11) is 2.40. The summed E-state index contributed by atoms with van der Waals surface area (Å²) >= 11 is 0. The van der Waals surface area contributed by atoms with E-state index in [1.54, 1.807) is 21.3 Å². The summed E-state index contributed by atoms with van der Waals surface area (Å²) in [5, 5.41) is 3.08. The van der Waals surface area contributed by atoms with Crippen molar-refractivity contribution in [3.63, 3.8) is 0 Å². The van der Waals surface area contributed by atoms with E-state index in [-0.39, 0.29) is 6.17 Å². The van der Waals surface area contributed by atoms with Gasteiger partial charge in [-0.05, 0) is 6.92 Å². The van der Waals surface area contributed by atoms with E-state index in [0.717, 1.165) is 12.6 Å². The summed E-state index contributed by atoms with van der Waals surface area (Å²) in [6.07, 6.45) is -0.0164. The molecule has 0 heterocycles. The largest absolute Gasteiger partial charge is 0.501 e. The van der Waals surface area contributed by atoms with Gasteiger partial charge in [0.1, 0.15) is 0 Å². The molecule has 0 rings (SSSR count). The minimum Gasteiger partial charge on any atom is -0.377 e. The Hall–Kier alpha value is 0.0169. The molecule has 0 fully saturated rings. The minimum atomic E-state index is -2.40. The van der Waals surface area contributed by atoms with Gasteiger partial charge in [-0.2, -0.15) is 0 Å². The molecule has 80 valence electrons. The van der Waals surface area contributed by atoms with Crippen LogP contribution in [0, 0.1) is 0 Å². The number of nitrogens with one attached hydrogen (secondary N) is 1. The molecule has 6 heteroatoms. The second kappa shape index (κ2) is 6.47. The van der Waals surface area contributed by atoms with Crippen molar-refractivity contribution in [3.05, 3.63) is 0 Å². The van der Waals surface area contributed by atoms with E-state index >= 15 is 0 Å². The van der Waals surface area contributed by atoms with Crippen LogP contribution in [0.1, 0.15) is 6.92 Å². The van der Waals surface area contributed by atoms with Crippen LogP contribution in [0.15, 0.2) is 0 Å². The fourth-order valence-corrected chi connectivity index (χ4v) is 2.57. The highest BCUT2D eigenvalue weighted by atomic mass is 28.4. The van der Waals surface area contributed by atoms with Crippen LogP contribution in [-0.4, -0.2) is 42.8 Å². The molecule has 0 aromatic carbocycles. The monoisotopic (exact) mass is 208 g/mol. The summed E-state index contributed by atoms with van der Waals surface area (Å²) in [6, 6.07) is 0.720. The lowest BCUT2D eigenvalue weighted by Crippen LogP contribution is -2.46. The normalized spacial score (nSPS) is 14.5. The number of nitrogens with two attached hydrogens (primary N) is 1. The molecule has 1 unspecified atom stereocenters. The standard InChI is InChI=1S/C7H20N2O3Si/c1-7(8)9-5-6-13(10-2,11-3)12-4/h7,9H,5-6,8H2,1-4H3. The fraction of sp³-hybridized carbons (Fsp3) is 1.00. The van der Waals surface area contributed by atoms with Crippen LogP contribution in [0.3, 0.4) is 0 Å². The first-order valence-electron chi connectivity index (χ1n) is 4.24. The molecule has 0 bridgehead atoms. The Balaban J connectivity index is 3.81. The molecule has 0 aliphatic carbocycles. The van der Waals surface area contributed by atoms with Gasteiger partial charge in [-0.25, -0.2) is 0 Å². The highest BCUT2D eigenvalue weighted by Crippen LogP contribution is 2.10. The van der Waals surface area contributed by atoms with Crippen molar-refractivity contribution in [1.29, 1.82) is 0 Å². The van der Waals surface area contributed by atoms with Gasteiger partial charge in [0, 0.05) is 33.9 Å². The van der Waals surface area contributed by atoms with Gasteiger partial charge in [-0.1, -0.05) is 0 Å². The third-order valence-electron chi connectivity index (χ3n) is 1.83. The lowest BCUT2D eigenvalue weighted by molar-refractivity contribution is 0.123. The summed E-state index contributed by atoms with van der Waals surface area (Å²) in [6.45, 7) is 2.62. The van der Waals surface area contributed by atoms with Crippen molar-refractivity contribution in [2.24, 2.45) is 5.73 Å². The maximum Gasteiger partial charge on any atom is 0.501 e.